The molecule has 0 atom stereocenters. The molecule has 2 aromatic carbocycles. The summed E-state index contributed by atoms with van der Waals surface area (Å²) in [5.41, 5.74) is 1.06. The van der Waals surface area contributed by atoms with Crippen molar-refractivity contribution in [1.29, 1.82) is 0 Å². The minimum Gasteiger partial charge on any atom is -0.457 e. The van der Waals surface area contributed by atoms with Gasteiger partial charge >= 0.3 is 0 Å². The summed E-state index contributed by atoms with van der Waals surface area (Å²) in [6.07, 6.45) is 0. The van der Waals surface area contributed by atoms with Crippen LogP contribution in [0.25, 0.3) is 0 Å². The maximum absolute atomic E-state index is 13.0. The molecule has 0 heterocycles. The van der Waals surface area contributed by atoms with Gasteiger partial charge in [0.05, 0.1) is 0 Å². The number of halogens is 4. The summed E-state index contributed by atoms with van der Waals surface area (Å²) in [6, 6.07) is 8.43. The lowest BCUT2D eigenvalue weighted by Crippen LogP contribution is -1.89. The molecule has 0 saturated heterocycles. The Labute approximate surface area is 120 Å². The molecule has 0 aliphatic heterocycles. The number of alkyl halides is 1. The molecule has 18 heavy (non-hydrogen) atoms. The van der Waals surface area contributed by atoms with E-state index in [1.807, 2.05) is 6.07 Å². The van der Waals surface area contributed by atoms with E-state index in [0.29, 0.717) is 11.1 Å². The summed E-state index contributed by atoms with van der Waals surface area (Å²) in [6.45, 7) is 0. The zero-order chi connectivity index (χ0) is 13.1. The minimum atomic E-state index is -0.666. The van der Waals surface area contributed by atoms with Gasteiger partial charge < -0.3 is 4.74 Å². The number of hydrogen-bond acceptors (Lipinski definition) is 1. The molecule has 5 heteroatoms. The van der Waals surface area contributed by atoms with Crippen LogP contribution in [0.5, 0.6) is 11.5 Å². The van der Waals surface area contributed by atoms with Crippen LogP contribution in [0.4, 0.5) is 8.78 Å². The van der Waals surface area contributed by atoms with E-state index >= 15 is 0 Å². The zero-order valence-corrected chi connectivity index (χ0v) is 12.3. The molecule has 0 aliphatic carbocycles. The molecule has 0 saturated carbocycles. The van der Waals surface area contributed by atoms with Crippen LogP contribution in [0, 0.1) is 11.6 Å². The second kappa shape index (κ2) is 5.80. The van der Waals surface area contributed by atoms with E-state index in [1.54, 1.807) is 12.1 Å². The lowest BCUT2D eigenvalue weighted by molar-refractivity contribution is 0.468. The van der Waals surface area contributed by atoms with Crippen LogP contribution >= 0.6 is 31.9 Å². The van der Waals surface area contributed by atoms with Gasteiger partial charge in [0.15, 0.2) is 0 Å². The average Bonchev–Trinajstić information content (AvgIpc) is 2.27. The average molecular weight is 378 g/mol. The van der Waals surface area contributed by atoms with Gasteiger partial charge in [0.2, 0.25) is 0 Å². The second-order valence-corrected chi connectivity index (χ2v) is 5.01. The van der Waals surface area contributed by atoms with Gasteiger partial charge in [0.1, 0.15) is 23.1 Å². The Morgan fingerprint density at radius 1 is 0.944 bits per heavy atom. The van der Waals surface area contributed by atoms with Gasteiger partial charge in [-0.1, -0.05) is 37.9 Å². The number of benzene rings is 2. The summed E-state index contributed by atoms with van der Waals surface area (Å²) < 4.78 is 32.3. The van der Waals surface area contributed by atoms with Crippen molar-refractivity contribution in [1.82, 2.24) is 0 Å². The van der Waals surface area contributed by atoms with E-state index < -0.39 is 11.6 Å². The van der Waals surface area contributed by atoms with Crippen molar-refractivity contribution < 1.29 is 13.5 Å². The number of ether oxygens (including phenoxy) is 1. The normalized spacial score (nSPS) is 10.4. The molecule has 0 aromatic heterocycles. The molecule has 0 bridgehead atoms. The van der Waals surface area contributed by atoms with E-state index in [0.717, 1.165) is 28.2 Å². The van der Waals surface area contributed by atoms with Crippen molar-refractivity contribution in [2.45, 2.75) is 5.33 Å². The molecule has 0 unspecified atom stereocenters. The van der Waals surface area contributed by atoms with Crippen LogP contribution in [0.3, 0.4) is 0 Å². The first-order chi connectivity index (χ1) is 8.58. The van der Waals surface area contributed by atoms with Gasteiger partial charge in [0, 0.05) is 28.0 Å². The topological polar surface area (TPSA) is 9.23 Å². The van der Waals surface area contributed by atoms with E-state index in [1.165, 1.54) is 0 Å². The number of rotatable bonds is 3. The van der Waals surface area contributed by atoms with Crippen molar-refractivity contribution in [3.63, 3.8) is 0 Å². The third-order valence-electron chi connectivity index (χ3n) is 2.24. The van der Waals surface area contributed by atoms with Crippen LogP contribution < -0.4 is 4.74 Å². The number of hydrogen-bond donors (Lipinski definition) is 0. The monoisotopic (exact) mass is 376 g/mol. The predicted octanol–water partition coefficient (Wildman–Crippen LogP) is 5.41. The third-order valence-corrected chi connectivity index (χ3v) is 3.58. The van der Waals surface area contributed by atoms with E-state index in [9.17, 15) is 8.78 Å². The first-order valence-electron chi connectivity index (χ1n) is 5.07. The van der Waals surface area contributed by atoms with Crippen molar-refractivity contribution in [3.8, 4) is 11.5 Å². The van der Waals surface area contributed by atoms with Crippen LogP contribution in [-0.4, -0.2) is 0 Å². The quantitative estimate of drug-likeness (QED) is 0.649. The molecule has 2 aromatic rings. The van der Waals surface area contributed by atoms with Crippen molar-refractivity contribution in [3.05, 3.63) is 58.1 Å². The Morgan fingerprint density at radius 2 is 1.61 bits per heavy atom. The van der Waals surface area contributed by atoms with Crippen LogP contribution in [0.15, 0.2) is 40.9 Å². The Kier molecular flexibility index (Phi) is 4.35. The lowest BCUT2D eigenvalue weighted by Gasteiger charge is -2.08. The standard InChI is InChI=1S/C13H8Br2F2O/c14-7-8-1-2-11(6-13(8)15)18-12-4-9(16)3-10(17)5-12/h1-6H,7H2. The Bertz CT molecular complexity index is 553. The molecule has 0 fully saturated rings. The van der Waals surface area contributed by atoms with Gasteiger partial charge in [-0.05, 0) is 17.7 Å². The third kappa shape index (κ3) is 3.29. The zero-order valence-electron chi connectivity index (χ0n) is 9.09. The summed E-state index contributed by atoms with van der Waals surface area (Å²) >= 11 is 6.74. The van der Waals surface area contributed by atoms with E-state index in [4.69, 9.17) is 4.74 Å². The van der Waals surface area contributed by atoms with Gasteiger partial charge in [-0.25, -0.2) is 8.78 Å². The van der Waals surface area contributed by atoms with Crippen LogP contribution in [0.2, 0.25) is 0 Å². The van der Waals surface area contributed by atoms with Crippen molar-refractivity contribution in [2.75, 3.05) is 0 Å². The summed E-state index contributed by atoms with van der Waals surface area (Å²) in [5, 5.41) is 0.711. The highest BCUT2D eigenvalue weighted by atomic mass is 79.9. The first-order valence-corrected chi connectivity index (χ1v) is 6.98. The lowest BCUT2D eigenvalue weighted by atomic mass is 10.2. The fraction of sp³-hybridized carbons (Fsp3) is 0.0769. The highest BCUT2D eigenvalue weighted by Crippen LogP contribution is 2.28. The highest BCUT2D eigenvalue weighted by molar-refractivity contribution is 9.10. The van der Waals surface area contributed by atoms with Gasteiger partial charge in [0.25, 0.3) is 0 Å². The Hall–Kier alpha value is -0.940. The molecule has 0 amide bonds. The molecular weight excluding hydrogens is 370 g/mol. The van der Waals surface area contributed by atoms with Gasteiger partial charge in [-0.2, -0.15) is 0 Å². The summed E-state index contributed by atoms with van der Waals surface area (Å²) in [7, 11) is 0. The molecule has 0 radical (unpaired) electrons. The molecule has 0 aliphatic rings. The summed E-state index contributed by atoms with van der Waals surface area (Å²) in [5.74, 6) is -0.690. The minimum absolute atomic E-state index is 0.131. The van der Waals surface area contributed by atoms with Gasteiger partial charge in [-0.15, -0.1) is 0 Å². The fourth-order valence-corrected chi connectivity index (χ4v) is 2.79. The Balaban J connectivity index is 2.25. The molecule has 0 spiro atoms. The van der Waals surface area contributed by atoms with Crippen molar-refractivity contribution >= 4 is 31.9 Å². The van der Waals surface area contributed by atoms with E-state index in [2.05, 4.69) is 31.9 Å². The molecule has 2 rings (SSSR count). The van der Waals surface area contributed by atoms with E-state index in [-0.39, 0.29) is 5.75 Å². The van der Waals surface area contributed by atoms with Crippen molar-refractivity contribution in [2.24, 2.45) is 0 Å². The first kappa shape index (κ1) is 13.5. The smallest absolute Gasteiger partial charge is 0.133 e. The molecule has 1 nitrogen and oxygen atoms in total. The highest BCUT2D eigenvalue weighted by Gasteiger charge is 2.05. The van der Waals surface area contributed by atoms with Gasteiger partial charge in [-0.3, -0.25) is 0 Å². The predicted molar refractivity (Wildman–Crippen MR) is 73.2 cm³/mol. The second-order valence-electron chi connectivity index (χ2n) is 3.59. The molecule has 94 valence electrons. The Morgan fingerprint density at radius 3 is 2.17 bits per heavy atom. The largest absolute Gasteiger partial charge is 0.457 e. The van der Waals surface area contributed by atoms with Crippen LogP contribution in [0.1, 0.15) is 5.56 Å². The SMILES string of the molecule is Fc1cc(F)cc(Oc2ccc(CBr)c(Br)c2)c1. The van der Waals surface area contributed by atoms with Crippen LogP contribution in [-0.2, 0) is 5.33 Å². The molecule has 0 N–H and O–H groups in total. The molecular formula is C13H8Br2F2O. The maximum Gasteiger partial charge on any atom is 0.133 e. The maximum atomic E-state index is 13.0. The summed E-state index contributed by atoms with van der Waals surface area (Å²) in [4.78, 5) is 0. The fourth-order valence-electron chi connectivity index (χ4n) is 1.42.